The Morgan fingerprint density at radius 1 is 1.26 bits per heavy atom. The highest BCUT2D eigenvalue weighted by atomic mass is 16.6. The van der Waals surface area contributed by atoms with Gasteiger partial charge in [-0.1, -0.05) is 6.07 Å². The number of rotatable bonds is 5. The van der Waals surface area contributed by atoms with Gasteiger partial charge < -0.3 is 15.0 Å². The molecule has 0 aliphatic carbocycles. The van der Waals surface area contributed by atoms with Gasteiger partial charge in [0.15, 0.2) is 0 Å². The van der Waals surface area contributed by atoms with Gasteiger partial charge in [-0.05, 0) is 36.8 Å². The number of carbonyl (C=O) groups is 2. The molecule has 8 nitrogen and oxygen atoms in total. The van der Waals surface area contributed by atoms with Crippen LogP contribution in [0.25, 0.3) is 0 Å². The third-order valence-electron chi connectivity index (χ3n) is 4.57. The summed E-state index contributed by atoms with van der Waals surface area (Å²) in [7, 11) is 1.56. The molecule has 2 amide bonds. The average Bonchev–Trinajstić information content (AvgIpc) is 3.05. The minimum absolute atomic E-state index is 0.0891. The number of nitrogens with one attached hydrogen (secondary N) is 1. The minimum atomic E-state index is -0.529. The number of aryl methyl sites for hydroxylation is 1. The van der Waals surface area contributed by atoms with E-state index in [0.29, 0.717) is 22.7 Å². The molecule has 2 aromatic rings. The predicted octanol–water partition coefficient (Wildman–Crippen LogP) is 2.90. The van der Waals surface area contributed by atoms with E-state index in [1.807, 2.05) is 0 Å². The highest BCUT2D eigenvalue weighted by molar-refractivity contribution is 6.03. The molecule has 1 aliphatic heterocycles. The first kappa shape index (κ1) is 18.4. The molecule has 0 bridgehead atoms. The molecule has 27 heavy (non-hydrogen) atoms. The Kier molecular flexibility index (Phi) is 5.07. The molecule has 1 N–H and O–H groups in total. The Balaban J connectivity index is 1.72. The Labute approximate surface area is 155 Å². The third-order valence-corrected chi connectivity index (χ3v) is 4.57. The second kappa shape index (κ2) is 7.45. The third kappa shape index (κ3) is 3.89. The lowest BCUT2D eigenvalue weighted by atomic mass is 10.1. The van der Waals surface area contributed by atoms with E-state index in [4.69, 9.17) is 4.74 Å². The molecule has 1 heterocycles. The summed E-state index contributed by atoms with van der Waals surface area (Å²) in [5.74, 6) is -0.321. The summed E-state index contributed by atoms with van der Waals surface area (Å²) in [4.78, 5) is 36.9. The molecule has 0 aromatic heterocycles. The Morgan fingerprint density at radius 2 is 1.96 bits per heavy atom. The highest BCUT2D eigenvalue weighted by Crippen LogP contribution is 2.28. The molecule has 3 rings (SSSR count). The summed E-state index contributed by atoms with van der Waals surface area (Å²) in [6.07, 6.45) is 0.0891. The topological polar surface area (TPSA) is 102 Å². The first-order valence-corrected chi connectivity index (χ1v) is 8.39. The molecule has 140 valence electrons. The molecular weight excluding hydrogens is 350 g/mol. The number of methoxy groups -OCH3 is 1. The number of nitro benzene ring substituents is 1. The van der Waals surface area contributed by atoms with Crippen molar-refractivity contribution in [1.82, 2.24) is 0 Å². The lowest BCUT2D eigenvalue weighted by molar-refractivity contribution is -0.384. The Bertz CT molecular complexity index is 895. The molecule has 0 unspecified atom stereocenters. The molecule has 0 saturated carbocycles. The summed E-state index contributed by atoms with van der Waals surface area (Å²) >= 11 is 0. The second-order valence-corrected chi connectivity index (χ2v) is 6.35. The number of hydrogen-bond donors (Lipinski definition) is 1. The Morgan fingerprint density at radius 3 is 2.59 bits per heavy atom. The van der Waals surface area contributed by atoms with Crippen LogP contribution in [0, 0.1) is 23.0 Å². The number of anilines is 2. The maximum absolute atomic E-state index is 12.6. The fraction of sp³-hybridized carbons (Fsp3) is 0.263. The fourth-order valence-electron chi connectivity index (χ4n) is 2.99. The zero-order valence-corrected chi connectivity index (χ0v) is 15.0. The minimum Gasteiger partial charge on any atom is -0.497 e. The Hall–Kier alpha value is -3.42. The maximum Gasteiger partial charge on any atom is 0.271 e. The molecule has 1 atom stereocenters. The lowest BCUT2D eigenvalue weighted by Gasteiger charge is -2.17. The van der Waals surface area contributed by atoms with Crippen molar-refractivity contribution in [2.45, 2.75) is 13.3 Å². The predicted molar refractivity (Wildman–Crippen MR) is 99.9 cm³/mol. The van der Waals surface area contributed by atoms with Crippen LogP contribution in [0.5, 0.6) is 5.75 Å². The summed E-state index contributed by atoms with van der Waals surface area (Å²) in [6.45, 7) is 2.01. The van der Waals surface area contributed by atoms with E-state index in [2.05, 4.69) is 5.32 Å². The number of nitrogens with zero attached hydrogens (tertiary/aromatic N) is 2. The molecular formula is C19H19N3O5. The fourth-order valence-corrected chi connectivity index (χ4v) is 2.99. The van der Waals surface area contributed by atoms with Gasteiger partial charge in [-0.25, -0.2) is 0 Å². The van der Waals surface area contributed by atoms with Gasteiger partial charge in [0.2, 0.25) is 11.8 Å². The van der Waals surface area contributed by atoms with Crippen molar-refractivity contribution in [3.05, 3.63) is 58.1 Å². The van der Waals surface area contributed by atoms with Crippen LogP contribution in [0.3, 0.4) is 0 Å². The number of non-ortho nitro benzene ring substituents is 1. The van der Waals surface area contributed by atoms with Crippen molar-refractivity contribution in [2.24, 2.45) is 5.92 Å². The molecule has 1 fully saturated rings. The van der Waals surface area contributed by atoms with Gasteiger partial charge in [0.05, 0.1) is 23.6 Å². The highest BCUT2D eigenvalue weighted by Gasteiger charge is 2.35. The monoisotopic (exact) mass is 369 g/mol. The molecule has 0 spiro atoms. The van der Waals surface area contributed by atoms with Crippen LogP contribution in [-0.4, -0.2) is 30.4 Å². The van der Waals surface area contributed by atoms with Gasteiger partial charge in [-0.15, -0.1) is 0 Å². The summed E-state index contributed by atoms with van der Waals surface area (Å²) in [6, 6.07) is 11.3. The van der Waals surface area contributed by atoms with Crippen molar-refractivity contribution in [1.29, 1.82) is 0 Å². The van der Waals surface area contributed by atoms with E-state index in [-0.39, 0.29) is 30.5 Å². The first-order chi connectivity index (χ1) is 12.9. The van der Waals surface area contributed by atoms with E-state index < -0.39 is 10.8 Å². The number of carbonyl (C=O) groups excluding carboxylic acids is 2. The SMILES string of the molecule is COc1ccc(N2C[C@@H](C(=O)Nc3cc([N+](=O)[O-])ccc3C)CC2=O)cc1. The molecule has 1 aliphatic rings. The van der Waals surface area contributed by atoms with Crippen LogP contribution >= 0.6 is 0 Å². The van der Waals surface area contributed by atoms with Gasteiger partial charge in [-0.2, -0.15) is 0 Å². The molecule has 8 heteroatoms. The maximum atomic E-state index is 12.6. The number of hydrogen-bond acceptors (Lipinski definition) is 5. The number of ether oxygens (including phenoxy) is 1. The van der Waals surface area contributed by atoms with Crippen molar-refractivity contribution in [2.75, 3.05) is 23.9 Å². The van der Waals surface area contributed by atoms with E-state index in [9.17, 15) is 19.7 Å². The van der Waals surface area contributed by atoms with Crippen molar-refractivity contribution in [3.8, 4) is 5.75 Å². The van der Waals surface area contributed by atoms with Crippen LogP contribution in [0.2, 0.25) is 0 Å². The number of nitro groups is 1. The number of amides is 2. The molecule has 2 aromatic carbocycles. The van der Waals surface area contributed by atoms with Crippen LogP contribution < -0.4 is 15.0 Å². The summed E-state index contributed by atoms with van der Waals surface area (Å²) < 4.78 is 5.11. The second-order valence-electron chi connectivity index (χ2n) is 6.35. The van der Waals surface area contributed by atoms with Crippen molar-refractivity contribution >= 4 is 28.9 Å². The number of benzene rings is 2. The summed E-state index contributed by atoms with van der Waals surface area (Å²) in [5, 5.41) is 13.6. The van der Waals surface area contributed by atoms with E-state index in [0.717, 1.165) is 0 Å². The molecule has 1 saturated heterocycles. The van der Waals surface area contributed by atoms with Gasteiger partial charge >= 0.3 is 0 Å². The lowest BCUT2D eigenvalue weighted by Crippen LogP contribution is -2.28. The van der Waals surface area contributed by atoms with Crippen LogP contribution in [0.1, 0.15) is 12.0 Å². The van der Waals surface area contributed by atoms with E-state index >= 15 is 0 Å². The van der Waals surface area contributed by atoms with E-state index in [1.165, 1.54) is 12.1 Å². The smallest absolute Gasteiger partial charge is 0.271 e. The average molecular weight is 369 g/mol. The van der Waals surface area contributed by atoms with Crippen LogP contribution in [-0.2, 0) is 9.59 Å². The summed E-state index contributed by atoms with van der Waals surface area (Å²) in [5.41, 5.74) is 1.69. The standard InChI is InChI=1S/C19H19N3O5/c1-12-3-4-15(22(25)26)10-17(12)20-19(24)13-9-18(23)21(11-13)14-5-7-16(27-2)8-6-14/h3-8,10,13H,9,11H2,1-2H3,(H,20,24)/t13-/m0/s1. The first-order valence-electron chi connectivity index (χ1n) is 8.39. The quantitative estimate of drug-likeness (QED) is 0.645. The molecule has 0 radical (unpaired) electrons. The van der Waals surface area contributed by atoms with Gasteiger partial charge in [-0.3, -0.25) is 19.7 Å². The normalized spacial score (nSPS) is 16.3. The van der Waals surface area contributed by atoms with Crippen LogP contribution in [0.15, 0.2) is 42.5 Å². The van der Waals surface area contributed by atoms with E-state index in [1.54, 1.807) is 49.3 Å². The van der Waals surface area contributed by atoms with Crippen molar-refractivity contribution < 1.29 is 19.2 Å². The largest absolute Gasteiger partial charge is 0.497 e. The van der Waals surface area contributed by atoms with Gasteiger partial charge in [0.1, 0.15) is 5.75 Å². The van der Waals surface area contributed by atoms with Gasteiger partial charge in [0.25, 0.3) is 5.69 Å². The zero-order valence-electron chi connectivity index (χ0n) is 15.0. The zero-order chi connectivity index (χ0) is 19.6. The van der Waals surface area contributed by atoms with Crippen molar-refractivity contribution in [3.63, 3.8) is 0 Å². The van der Waals surface area contributed by atoms with Crippen LogP contribution in [0.4, 0.5) is 17.1 Å². The van der Waals surface area contributed by atoms with Gasteiger partial charge in [0, 0.05) is 30.8 Å².